The number of carboxylic acid groups (broad SMARTS) is 2. The van der Waals surface area contributed by atoms with Crippen LogP contribution >= 0.6 is 0 Å². The van der Waals surface area contributed by atoms with Crippen LogP contribution in [0.4, 0.5) is 11.5 Å². The maximum atomic E-state index is 12.3. The Labute approximate surface area is 213 Å². The minimum absolute atomic E-state index is 0.118. The van der Waals surface area contributed by atoms with Gasteiger partial charge in [-0.1, -0.05) is 30.3 Å². The Kier molecular flexibility index (Phi) is 8.22. The van der Waals surface area contributed by atoms with E-state index in [1.807, 2.05) is 48.5 Å². The third kappa shape index (κ3) is 6.98. The van der Waals surface area contributed by atoms with Crippen molar-refractivity contribution in [1.82, 2.24) is 15.5 Å². The third-order valence-corrected chi connectivity index (χ3v) is 6.21. The zero-order valence-corrected chi connectivity index (χ0v) is 19.9. The fourth-order valence-electron chi connectivity index (χ4n) is 4.35. The number of aliphatic carboxylic acids is 2. The molecule has 0 bridgehead atoms. The Morgan fingerprint density at radius 2 is 1.46 bits per heavy atom. The second-order valence-electron chi connectivity index (χ2n) is 8.77. The molecule has 10 heteroatoms. The molecule has 2 unspecified atom stereocenters. The number of hydrogen-bond donors (Lipinski definition) is 4. The molecule has 2 fully saturated rings. The number of anilines is 2. The molecule has 3 aromatic rings. The van der Waals surface area contributed by atoms with Crippen LogP contribution < -0.4 is 15.5 Å². The standard InChI is InChI=1S/C23H23N5O.C4H4O4/c29-23(17-4-2-1-3-5-17)25-20-8-6-16(7-9-20)21-10-11-22(27-26-21)28-14-18-12-24-13-19(18)15-28;5-3(6)1-2-4(7)8/h1-11,18-19,24H,12-15H2,(H,25,29);1-2H,(H,5,6)(H,7,8). The number of carbonyl (C=O) groups is 3. The van der Waals surface area contributed by atoms with Gasteiger partial charge in [0, 0.05) is 55.1 Å². The average molecular weight is 502 g/mol. The predicted octanol–water partition coefficient (Wildman–Crippen LogP) is 2.76. The summed E-state index contributed by atoms with van der Waals surface area (Å²) >= 11 is 0. The zero-order chi connectivity index (χ0) is 26.2. The Morgan fingerprint density at radius 1 is 0.838 bits per heavy atom. The molecule has 2 aromatic carbocycles. The van der Waals surface area contributed by atoms with Crippen molar-refractivity contribution >= 4 is 29.4 Å². The summed E-state index contributed by atoms with van der Waals surface area (Å²) in [6.45, 7) is 4.34. The summed E-state index contributed by atoms with van der Waals surface area (Å²) in [5.41, 5.74) is 3.20. The lowest BCUT2D eigenvalue weighted by atomic mass is 10.0. The van der Waals surface area contributed by atoms with Gasteiger partial charge in [-0.25, -0.2) is 9.59 Å². The first-order valence-corrected chi connectivity index (χ1v) is 11.8. The number of nitrogens with zero attached hydrogens (tertiary/aromatic N) is 3. The molecule has 1 amide bonds. The summed E-state index contributed by atoms with van der Waals surface area (Å²) < 4.78 is 0. The summed E-state index contributed by atoms with van der Waals surface area (Å²) in [6.07, 6.45) is 1.12. The highest BCUT2D eigenvalue weighted by atomic mass is 16.4. The van der Waals surface area contributed by atoms with Crippen LogP contribution in [0.2, 0.25) is 0 Å². The first kappa shape index (κ1) is 25.5. The molecule has 0 spiro atoms. The van der Waals surface area contributed by atoms with Gasteiger partial charge in [-0.05, 0) is 48.2 Å². The lowest BCUT2D eigenvalue weighted by Gasteiger charge is -2.17. The van der Waals surface area contributed by atoms with Crippen molar-refractivity contribution in [3.05, 3.63) is 84.4 Å². The number of aromatic nitrogens is 2. The van der Waals surface area contributed by atoms with Gasteiger partial charge in [-0.3, -0.25) is 4.79 Å². The van der Waals surface area contributed by atoms with Crippen molar-refractivity contribution in [3.63, 3.8) is 0 Å². The molecule has 190 valence electrons. The highest BCUT2D eigenvalue weighted by Gasteiger charge is 2.36. The minimum atomic E-state index is -1.26. The van der Waals surface area contributed by atoms with Crippen LogP contribution in [-0.4, -0.2) is 64.4 Å². The van der Waals surface area contributed by atoms with Gasteiger partial charge in [-0.15, -0.1) is 10.2 Å². The van der Waals surface area contributed by atoms with Gasteiger partial charge in [0.15, 0.2) is 5.82 Å². The quantitative estimate of drug-likeness (QED) is 0.375. The third-order valence-electron chi connectivity index (χ3n) is 6.21. The monoisotopic (exact) mass is 501 g/mol. The second-order valence-corrected chi connectivity index (χ2v) is 8.77. The summed E-state index contributed by atoms with van der Waals surface area (Å²) in [7, 11) is 0. The summed E-state index contributed by atoms with van der Waals surface area (Å²) in [6, 6.07) is 21.0. The molecule has 0 saturated carbocycles. The van der Waals surface area contributed by atoms with Crippen LogP contribution in [0.25, 0.3) is 11.3 Å². The Balaban J connectivity index is 0.000000349. The fourth-order valence-corrected chi connectivity index (χ4v) is 4.35. The van der Waals surface area contributed by atoms with Crippen molar-refractivity contribution in [2.75, 3.05) is 36.4 Å². The Bertz CT molecular complexity index is 1230. The molecule has 2 atom stereocenters. The minimum Gasteiger partial charge on any atom is -0.478 e. The van der Waals surface area contributed by atoms with Crippen LogP contribution in [0.1, 0.15) is 10.4 Å². The number of carbonyl (C=O) groups excluding carboxylic acids is 1. The van der Waals surface area contributed by atoms with Gasteiger partial charge in [0.1, 0.15) is 0 Å². The van der Waals surface area contributed by atoms with Gasteiger partial charge in [0.05, 0.1) is 5.69 Å². The van der Waals surface area contributed by atoms with E-state index in [0.29, 0.717) is 17.7 Å². The largest absolute Gasteiger partial charge is 0.478 e. The second kappa shape index (κ2) is 11.9. The summed E-state index contributed by atoms with van der Waals surface area (Å²) in [5.74, 6) is -0.215. The highest BCUT2D eigenvalue weighted by molar-refractivity contribution is 6.04. The van der Waals surface area contributed by atoms with Crippen LogP contribution in [0.3, 0.4) is 0 Å². The summed E-state index contributed by atoms with van der Waals surface area (Å²) in [4.78, 5) is 33.7. The van der Waals surface area contributed by atoms with E-state index in [0.717, 1.165) is 60.8 Å². The number of carboxylic acids is 2. The first-order valence-electron chi connectivity index (χ1n) is 11.8. The molecule has 0 radical (unpaired) electrons. The van der Waals surface area contributed by atoms with E-state index in [4.69, 9.17) is 10.2 Å². The van der Waals surface area contributed by atoms with Crippen molar-refractivity contribution in [2.24, 2.45) is 11.8 Å². The number of amides is 1. The SMILES string of the molecule is O=C(Nc1ccc(-c2ccc(N3CC4CNCC4C3)nn2)cc1)c1ccccc1.O=C(O)C=CC(=O)O. The number of fused-ring (bicyclic) bond motifs is 1. The van der Waals surface area contributed by atoms with Crippen LogP contribution in [0, 0.1) is 11.8 Å². The van der Waals surface area contributed by atoms with E-state index in [1.165, 1.54) is 0 Å². The van der Waals surface area contributed by atoms with Gasteiger partial charge in [0.25, 0.3) is 5.91 Å². The van der Waals surface area contributed by atoms with E-state index in [-0.39, 0.29) is 5.91 Å². The molecule has 10 nitrogen and oxygen atoms in total. The normalized spacial score (nSPS) is 18.1. The number of rotatable bonds is 6. The lowest BCUT2D eigenvalue weighted by Crippen LogP contribution is -2.26. The van der Waals surface area contributed by atoms with Crippen molar-refractivity contribution < 1.29 is 24.6 Å². The fraction of sp³-hybridized carbons (Fsp3) is 0.222. The number of hydrogen-bond acceptors (Lipinski definition) is 7. The highest BCUT2D eigenvalue weighted by Crippen LogP contribution is 2.30. The van der Waals surface area contributed by atoms with Gasteiger partial charge in [-0.2, -0.15) is 0 Å². The summed E-state index contributed by atoms with van der Waals surface area (Å²) in [5, 5.41) is 30.9. The first-order chi connectivity index (χ1) is 17.9. The van der Waals surface area contributed by atoms with Crippen LogP contribution in [0.15, 0.2) is 78.9 Å². The molecule has 2 aliphatic rings. The van der Waals surface area contributed by atoms with Gasteiger partial charge >= 0.3 is 11.9 Å². The van der Waals surface area contributed by atoms with Gasteiger partial charge in [0.2, 0.25) is 0 Å². The molecule has 3 heterocycles. The average Bonchev–Trinajstić information content (AvgIpc) is 3.52. The van der Waals surface area contributed by atoms with Gasteiger partial charge < -0.3 is 25.7 Å². The molecule has 5 rings (SSSR count). The molecule has 2 aliphatic heterocycles. The van der Waals surface area contributed by atoms with E-state index < -0.39 is 11.9 Å². The number of benzene rings is 2. The molecule has 4 N–H and O–H groups in total. The Hall–Kier alpha value is -4.57. The molecular formula is C27H27N5O5. The lowest BCUT2D eigenvalue weighted by molar-refractivity contribution is -0.134. The van der Waals surface area contributed by atoms with E-state index in [1.54, 1.807) is 12.1 Å². The zero-order valence-electron chi connectivity index (χ0n) is 19.9. The maximum absolute atomic E-state index is 12.3. The molecular weight excluding hydrogens is 474 g/mol. The molecule has 37 heavy (non-hydrogen) atoms. The van der Waals surface area contributed by atoms with Crippen molar-refractivity contribution in [1.29, 1.82) is 0 Å². The van der Waals surface area contributed by atoms with E-state index >= 15 is 0 Å². The topological polar surface area (TPSA) is 145 Å². The number of nitrogens with one attached hydrogen (secondary N) is 2. The molecule has 1 aromatic heterocycles. The van der Waals surface area contributed by atoms with Crippen molar-refractivity contribution in [3.8, 4) is 11.3 Å². The van der Waals surface area contributed by atoms with E-state index in [2.05, 4.69) is 31.8 Å². The van der Waals surface area contributed by atoms with Crippen LogP contribution in [-0.2, 0) is 9.59 Å². The van der Waals surface area contributed by atoms with E-state index in [9.17, 15) is 14.4 Å². The Morgan fingerprint density at radius 3 is 2.00 bits per heavy atom. The van der Waals surface area contributed by atoms with Crippen molar-refractivity contribution in [2.45, 2.75) is 0 Å². The maximum Gasteiger partial charge on any atom is 0.328 e. The molecule has 0 aliphatic carbocycles. The predicted molar refractivity (Wildman–Crippen MR) is 138 cm³/mol. The van der Waals surface area contributed by atoms with Crippen LogP contribution in [0.5, 0.6) is 0 Å². The molecule has 2 saturated heterocycles. The smallest absolute Gasteiger partial charge is 0.328 e.